The normalized spacial score (nSPS) is 13.4. The summed E-state index contributed by atoms with van der Waals surface area (Å²) < 4.78 is 41.3. The van der Waals surface area contributed by atoms with Crippen LogP contribution in [0.5, 0.6) is 0 Å². The van der Waals surface area contributed by atoms with Crippen LogP contribution in [0.15, 0.2) is 0 Å². The first-order valence-electron chi connectivity index (χ1n) is 8.11. The number of hydrogen-bond donors (Lipinski definition) is 0. The van der Waals surface area contributed by atoms with Gasteiger partial charge in [0.25, 0.3) is 0 Å². The first-order chi connectivity index (χ1) is 10.3. The average Bonchev–Trinajstić information content (AvgIpc) is 2.41. The van der Waals surface area contributed by atoms with E-state index in [1.165, 1.54) is 11.8 Å². The number of thioether (sulfide) groups is 1. The van der Waals surface area contributed by atoms with Crippen LogP contribution >= 0.6 is 11.8 Å². The molecule has 0 radical (unpaired) electrons. The van der Waals surface area contributed by atoms with E-state index in [1.54, 1.807) is 0 Å². The molecule has 0 aromatic heterocycles. The number of alkyl halides is 3. The van der Waals surface area contributed by atoms with Crippen LogP contribution in [0, 0.1) is 5.92 Å². The summed E-state index contributed by atoms with van der Waals surface area (Å²) in [5.41, 5.74) is 0. The highest BCUT2D eigenvalue weighted by atomic mass is 32.2. The summed E-state index contributed by atoms with van der Waals surface area (Å²) in [7, 11) is 0. The Balaban J connectivity index is 3.96. The molecule has 0 N–H and O–H groups in total. The van der Waals surface area contributed by atoms with E-state index in [2.05, 4.69) is 6.92 Å². The first-order valence-corrected chi connectivity index (χ1v) is 9.16. The maximum atomic E-state index is 12.0. The van der Waals surface area contributed by atoms with Crippen molar-refractivity contribution in [3.8, 4) is 0 Å². The number of rotatable bonds is 12. The highest BCUT2D eigenvalue weighted by molar-refractivity contribution is 8.00. The van der Waals surface area contributed by atoms with Gasteiger partial charge < -0.3 is 4.74 Å². The van der Waals surface area contributed by atoms with Crippen LogP contribution in [0.4, 0.5) is 13.2 Å². The summed E-state index contributed by atoms with van der Waals surface area (Å²) in [6, 6.07) is 0. The Morgan fingerprint density at radius 3 is 2.36 bits per heavy atom. The van der Waals surface area contributed by atoms with Crippen molar-refractivity contribution in [3.05, 3.63) is 0 Å². The van der Waals surface area contributed by atoms with Gasteiger partial charge in [-0.25, -0.2) is 0 Å². The van der Waals surface area contributed by atoms with Crippen molar-refractivity contribution >= 4 is 17.7 Å². The summed E-state index contributed by atoms with van der Waals surface area (Å²) in [5.74, 6) is 0.841. The molecule has 6 heteroatoms. The zero-order chi connectivity index (χ0) is 17.0. The molecule has 22 heavy (non-hydrogen) atoms. The number of unbranched alkanes of at least 4 members (excludes halogenated alkanes) is 3. The van der Waals surface area contributed by atoms with Gasteiger partial charge in [-0.2, -0.15) is 13.2 Å². The second-order valence-corrected chi connectivity index (χ2v) is 7.26. The average molecular weight is 342 g/mol. The second kappa shape index (κ2) is 12.1. The summed E-state index contributed by atoms with van der Waals surface area (Å²) in [4.78, 5) is 12.0. The molecule has 0 aliphatic heterocycles. The third-order valence-electron chi connectivity index (χ3n) is 3.07. The predicted octanol–water partition coefficient (Wildman–Crippen LogP) is 5.60. The number of carbonyl (C=O) groups excluding carboxylic acids is 1. The van der Waals surface area contributed by atoms with Gasteiger partial charge in [0.1, 0.15) is 5.25 Å². The van der Waals surface area contributed by atoms with E-state index >= 15 is 0 Å². The maximum Gasteiger partial charge on any atom is 0.389 e. The SMILES string of the molecule is CCCCC(SCCCCCC(F)(F)F)C(=O)OCC(C)C. The van der Waals surface area contributed by atoms with Gasteiger partial charge in [0.2, 0.25) is 0 Å². The van der Waals surface area contributed by atoms with Gasteiger partial charge in [0.15, 0.2) is 0 Å². The van der Waals surface area contributed by atoms with E-state index < -0.39 is 12.6 Å². The van der Waals surface area contributed by atoms with Crippen LogP contribution in [-0.2, 0) is 9.53 Å². The Kier molecular flexibility index (Phi) is 11.9. The van der Waals surface area contributed by atoms with Crippen LogP contribution in [0.25, 0.3) is 0 Å². The minimum Gasteiger partial charge on any atom is -0.465 e. The third-order valence-corrected chi connectivity index (χ3v) is 4.42. The Morgan fingerprint density at radius 1 is 1.14 bits per heavy atom. The lowest BCUT2D eigenvalue weighted by Crippen LogP contribution is -2.22. The molecule has 132 valence electrons. The van der Waals surface area contributed by atoms with E-state index in [0.29, 0.717) is 31.1 Å². The fourth-order valence-corrected chi connectivity index (χ4v) is 3.02. The van der Waals surface area contributed by atoms with E-state index in [9.17, 15) is 18.0 Å². The van der Waals surface area contributed by atoms with Crippen molar-refractivity contribution < 1.29 is 22.7 Å². The fourth-order valence-electron chi connectivity index (χ4n) is 1.83. The third kappa shape index (κ3) is 13.3. The Morgan fingerprint density at radius 2 is 1.82 bits per heavy atom. The van der Waals surface area contributed by atoms with Gasteiger partial charge in [-0.3, -0.25) is 4.79 Å². The standard InChI is InChI=1S/C16H29F3O2S/c1-4-5-9-14(15(20)21-12-13(2)3)22-11-8-6-7-10-16(17,18)19/h13-14H,4-12H2,1-3H3. The molecule has 0 fully saturated rings. The molecule has 0 aromatic carbocycles. The Labute approximate surface area is 136 Å². The van der Waals surface area contributed by atoms with Gasteiger partial charge in [-0.15, -0.1) is 11.8 Å². The highest BCUT2D eigenvalue weighted by Crippen LogP contribution is 2.24. The number of hydrogen-bond acceptors (Lipinski definition) is 3. The molecule has 2 nitrogen and oxygen atoms in total. The van der Waals surface area contributed by atoms with Crippen molar-refractivity contribution in [1.82, 2.24) is 0 Å². The minimum atomic E-state index is -4.06. The molecule has 0 rings (SSSR count). The van der Waals surface area contributed by atoms with Crippen LogP contribution in [0.2, 0.25) is 0 Å². The van der Waals surface area contributed by atoms with Gasteiger partial charge >= 0.3 is 12.1 Å². The molecule has 0 heterocycles. The topological polar surface area (TPSA) is 26.3 Å². The quantitative estimate of drug-likeness (QED) is 0.341. The molecular formula is C16H29F3O2S. The number of carbonyl (C=O) groups is 1. The zero-order valence-electron chi connectivity index (χ0n) is 13.9. The molecule has 0 amide bonds. The summed E-state index contributed by atoms with van der Waals surface area (Å²) in [6.45, 7) is 6.47. The molecule has 0 saturated heterocycles. The number of halogens is 3. The molecule has 0 aliphatic carbocycles. The predicted molar refractivity (Wildman–Crippen MR) is 86.1 cm³/mol. The second-order valence-electron chi connectivity index (χ2n) is 5.95. The van der Waals surface area contributed by atoms with Gasteiger partial charge in [0.05, 0.1) is 6.61 Å². The maximum absolute atomic E-state index is 12.0. The number of ether oxygens (including phenoxy) is 1. The summed E-state index contributed by atoms with van der Waals surface area (Å²) >= 11 is 1.52. The van der Waals surface area contributed by atoms with Crippen molar-refractivity contribution in [2.24, 2.45) is 5.92 Å². The van der Waals surface area contributed by atoms with Crippen LogP contribution in [0.3, 0.4) is 0 Å². The Bertz CT molecular complexity index is 294. The fraction of sp³-hybridized carbons (Fsp3) is 0.938. The molecule has 1 unspecified atom stereocenters. The zero-order valence-corrected chi connectivity index (χ0v) is 14.7. The highest BCUT2D eigenvalue weighted by Gasteiger charge is 2.26. The lowest BCUT2D eigenvalue weighted by Gasteiger charge is -2.16. The number of esters is 1. The van der Waals surface area contributed by atoms with Gasteiger partial charge in [0, 0.05) is 6.42 Å². The largest absolute Gasteiger partial charge is 0.465 e. The lowest BCUT2D eigenvalue weighted by atomic mass is 10.2. The monoisotopic (exact) mass is 342 g/mol. The molecule has 0 saturated carbocycles. The van der Waals surface area contributed by atoms with E-state index in [0.717, 1.165) is 19.3 Å². The van der Waals surface area contributed by atoms with E-state index in [-0.39, 0.29) is 17.6 Å². The summed E-state index contributed by atoms with van der Waals surface area (Å²) in [5, 5.41) is -0.179. The van der Waals surface area contributed by atoms with Gasteiger partial charge in [-0.1, -0.05) is 40.0 Å². The summed E-state index contributed by atoms with van der Waals surface area (Å²) in [6.07, 6.45) is -0.593. The van der Waals surface area contributed by atoms with E-state index in [4.69, 9.17) is 4.74 Å². The van der Waals surface area contributed by atoms with Crippen LogP contribution in [0.1, 0.15) is 65.7 Å². The van der Waals surface area contributed by atoms with Crippen LogP contribution < -0.4 is 0 Å². The molecule has 1 atom stereocenters. The molecule has 0 aromatic rings. The molecule has 0 bridgehead atoms. The first kappa shape index (κ1) is 21.6. The minimum absolute atomic E-state index is 0.168. The van der Waals surface area contributed by atoms with Crippen molar-refractivity contribution in [2.75, 3.05) is 12.4 Å². The van der Waals surface area contributed by atoms with E-state index in [1.807, 2.05) is 13.8 Å². The molecular weight excluding hydrogens is 313 g/mol. The van der Waals surface area contributed by atoms with Crippen LogP contribution in [-0.4, -0.2) is 29.8 Å². The Hall–Kier alpha value is -0.390. The van der Waals surface area contributed by atoms with Crippen molar-refractivity contribution in [1.29, 1.82) is 0 Å². The van der Waals surface area contributed by atoms with Crippen molar-refractivity contribution in [3.63, 3.8) is 0 Å². The smallest absolute Gasteiger partial charge is 0.389 e. The molecule has 0 spiro atoms. The molecule has 0 aliphatic rings. The van der Waals surface area contributed by atoms with Gasteiger partial charge in [-0.05, 0) is 30.9 Å². The lowest BCUT2D eigenvalue weighted by molar-refractivity contribution is -0.144. The van der Waals surface area contributed by atoms with Crippen molar-refractivity contribution in [2.45, 2.75) is 77.1 Å².